The molecule has 1 aromatic carbocycles. The molecule has 1 aliphatic heterocycles. The number of urea groups is 1. The predicted octanol–water partition coefficient (Wildman–Crippen LogP) is 3.34. The number of nitrogens with one attached hydrogen (secondary N) is 2. The van der Waals surface area contributed by atoms with E-state index >= 15 is 0 Å². The molecule has 1 heterocycles. The standard InChI is InChI=1S/C14H19ClN2O2/c1-9-11(15)5-3-6-12(9)17-14(18)16-10(2)13-7-4-8-19-13/h3,5-6,10,13H,4,7-8H2,1-2H3,(H2,16,17,18)/t10-,13-/m1/s1. The Labute approximate surface area is 118 Å². The van der Waals surface area contributed by atoms with E-state index in [4.69, 9.17) is 16.3 Å². The van der Waals surface area contributed by atoms with Crippen molar-refractivity contribution >= 4 is 23.3 Å². The van der Waals surface area contributed by atoms with Gasteiger partial charge in [0.2, 0.25) is 0 Å². The fourth-order valence-corrected chi connectivity index (χ4v) is 2.37. The first kappa shape index (κ1) is 14.2. The quantitative estimate of drug-likeness (QED) is 0.893. The minimum atomic E-state index is -0.228. The monoisotopic (exact) mass is 282 g/mol. The highest BCUT2D eigenvalue weighted by molar-refractivity contribution is 6.31. The Morgan fingerprint density at radius 1 is 1.53 bits per heavy atom. The molecule has 19 heavy (non-hydrogen) atoms. The van der Waals surface area contributed by atoms with Crippen LogP contribution in [-0.2, 0) is 4.74 Å². The second kappa shape index (κ2) is 6.26. The van der Waals surface area contributed by atoms with Crippen molar-refractivity contribution in [2.24, 2.45) is 0 Å². The molecule has 2 atom stereocenters. The number of ether oxygens (including phenoxy) is 1. The Bertz CT molecular complexity index is 459. The van der Waals surface area contributed by atoms with Crippen molar-refractivity contribution in [2.75, 3.05) is 11.9 Å². The molecule has 0 aromatic heterocycles. The van der Waals surface area contributed by atoms with E-state index in [9.17, 15) is 4.79 Å². The molecule has 0 bridgehead atoms. The lowest BCUT2D eigenvalue weighted by atomic mass is 10.1. The highest BCUT2D eigenvalue weighted by Gasteiger charge is 2.23. The summed E-state index contributed by atoms with van der Waals surface area (Å²) >= 11 is 6.01. The highest BCUT2D eigenvalue weighted by Crippen LogP contribution is 2.23. The van der Waals surface area contributed by atoms with Crippen molar-refractivity contribution in [3.05, 3.63) is 28.8 Å². The average molecular weight is 283 g/mol. The van der Waals surface area contributed by atoms with Gasteiger partial charge in [-0.2, -0.15) is 0 Å². The summed E-state index contributed by atoms with van der Waals surface area (Å²) < 4.78 is 5.55. The second-order valence-electron chi connectivity index (χ2n) is 4.85. The van der Waals surface area contributed by atoms with Crippen molar-refractivity contribution in [2.45, 2.75) is 38.8 Å². The molecule has 5 heteroatoms. The Hall–Kier alpha value is -1.26. The summed E-state index contributed by atoms with van der Waals surface area (Å²) in [5.41, 5.74) is 1.59. The zero-order chi connectivity index (χ0) is 13.8. The van der Waals surface area contributed by atoms with Crippen LogP contribution in [0.2, 0.25) is 5.02 Å². The van der Waals surface area contributed by atoms with E-state index in [0.29, 0.717) is 5.02 Å². The SMILES string of the molecule is Cc1c(Cl)cccc1NC(=O)N[C@H](C)[C@H]1CCCO1. The number of carbonyl (C=O) groups excluding carboxylic acids is 1. The summed E-state index contributed by atoms with van der Waals surface area (Å²) in [6.45, 7) is 4.62. The van der Waals surface area contributed by atoms with Gasteiger partial charge in [0.25, 0.3) is 0 Å². The zero-order valence-electron chi connectivity index (χ0n) is 11.2. The first-order valence-electron chi connectivity index (χ1n) is 6.52. The van der Waals surface area contributed by atoms with Gasteiger partial charge in [-0.3, -0.25) is 0 Å². The highest BCUT2D eigenvalue weighted by atomic mass is 35.5. The van der Waals surface area contributed by atoms with Crippen LogP contribution in [0.4, 0.5) is 10.5 Å². The number of hydrogen-bond acceptors (Lipinski definition) is 2. The molecule has 0 aliphatic carbocycles. The molecule has 2 N–H and O–H groups in total. The van der Waals surface area contributed by atoms with E-state index in [1.165, 1.54) is 0 Å². The van der Waals surface area contributed by atoms with E-state index in [1.54, 1.807) is 6.07 Å². The predicted molar refractivity (Wildman–Crippen MR) is 76.8 cm³/mol. The molecule has 0 radical (unpaired) electrons. The number of hydrogen-bond donors (Lipinski definition) is 2. The van der Waals surface area contributed by atoms with Gasteiger partial charge in [0.05, 0.1) is 12.1 Å². The molecule has 1 saturated heterocycles. The molecule has 1 aromatic rings. The van der Waals surface area contributed by atoms with Gasteiger partial charge >= 0.3 is 6.03 Å². The van der Waals surface area contributed by atoms with Crippen LogP contribution in [0.5, 0.6) is 0 Å². The maximum atomic E-state index is 11.9. The fourth-order valence-electron chi connectivity index (χ4n) is 2.20. The lowest BCUT2D eigenvalue weighted by Gasteiger charge is -2.20. The molecule has 4 nitrogen and oxygen atoms in total. The normalized spacial score (nSPS) is 20.1. The van der Waals surface area contributed by atoms with E-state index in [2.05, 4.69) is 10.6 Å². The Balaban J connectivity index is 1.91. The van der Waals surface area contributed by atoms with E-state index < -0.39 is 0 Å². The first-order chi connectivity index (χ1) is 9.08. The van der Waals surface area contributed by atoms with Crippen LogP contribution in [0.15, 0.2) is 18.2 Å². The third-order valence-electron chi connectivity index (χ3n) is 3.40. The minimum absolute atomic E-state index is 0.00184. The van der Waals surface area contributed by atoms with Crippen LogP contribution in [0, 0.1) is 6.92 Å². The summed E-state index contributed by atoms with van der Waals surface area (Å²) in [6.07, 6.45) is 2.18. The van der Waals surface area contributed by atoms with E-state index in [-0.39, 0.29) is 18.2 Å². The average Bonchev–Trinajstić information content (AvgIpc) is 2.88. The number of benzene rings is 1. The van der Waals surface area contributed by atoms with Crippen LogP contribution >= 0.6 is 11.6 Å². The molecule has 1 fully saturated rings. The number of halogens is 1. The van der Waals surface area contributed by atoms with Crippen molar-refractivity contribution < 1.29 is 9.53 Å². The minimum Gasteiger partial charge on any atom is -0.376 e. The molecule has 1 aliphatic rings. The van der Waals surface area contributed by atoms with Crippen molar-refractivity contribution in [1.82, 2.24) is 5.32 Å². The summed E-state index contributed by atoms with van der Waals surface area (Å²) in [5, 5.41) is 6.36. The van der Waals surface area contributed by atoms with Crippen molar-refractivity contribution in [3.8, 4) is 0 Å². The summed E-state index contributed by atoms with van der Waals surface area (Å²) in [7, 11) is 0. The number of anilines is 1. The van der Waals surface area contributed by atoms with Crippen molar-refractivity contribution in [3.63, 3.8) is 0 Å². The lowest BCUT2D eigenvalue weighted by Crippen LogP contribution is -2.43. The lowest BCUT2D eigenvalue weighted by molar-refractivity contribution is 0.0868. The van der Waals surface area contributed by atoms with Crippen molar-refractivity contribution in [1.29, 1.82) is 0 Å². The molecule has 0 saturated carbocycles. The maximum absolute atomic E-state index is 11.9. The molecule has 2 amide bonds. The summed E-state index contributed by atoms with van der Waals surface area (Å²) in [5.74, 6) is 0. The van der Waals surface area contributed by atoms with Gasteiger partial charge in [-0.25, -0.2) is 4.79 Å². The van der Waals surface area contributed by atoms with Gasteiger partial charge in [-0.1, -0.05) is 17.7 Å². The fraction of sp³-hybridized carbons (Fsp3) is 0.500. The van der Waals surface area contributed by atoms with E-state index in [0.717, 1.165) is 30.7 Å². The molecular weight excluding hydrogens is 264 g/mol. The maximum Gasteiger partial charge on any atom is 0.319 e. The molecule has 0 spiro atoms. The Morgan fingerprint density at radius 2 is 2.32 bits per heavy atom. The van der Waals surface area contributed by atoms with Gasteiger partial charge in [0.15, 0.2) is 0 Å². The number of carbonyl (C=O) groups is 1. The molecule has 104 valence electrons. The largest absolute Gasteiger partial charge is 0.376 e. The molecule has 0 unspecified atom stereocenters. The molecule has 2 rings (SSSR count). The number of rotatable bonds is 3. The Morgan fingerprint density at radius 3 is 3.00 bits per heavy atom. The Kier molecular flexibility index (Phi) is 4.66. The van der Waals surface area contributed by atoms with Crippen LogP contribution in [-0.4, -0.2) is 24.8 Å². The first-order valence-corrected chi connectivity index (χ1v) is 6.90. The molecular formula is C14H19ClN2O2. The number of amides is 2. The van der Waals surface area contributed by atoms with Crippen LogP contribution < -0.4 is 10.6 Å². The van der Waals surface area contributed by atoms with Gasteiger partial charge < -0.3 is 15.4 Å². The van der Waals surface area contributed by atoms with Crippen LogP contribution in [0.25, 0.3) is 0 Å². The third-order valence-corrected chi connectivity index (χ3v) is 3.81. The zero-order valence-corrected chi connectivity index (χ0v) is 12.0. The van der Waals surface area contributed by atoms with Gasteiger partial charge in [0, 0.05) is 17.3 Å². The van der Waals surface area contributed by atoms with Gasteiger partial charge in [-0.05, 0) is 44.4 Å². The van der Waals surface area contributed by atoms with E-state index in [1.807, 2.05) is 26.0 Å². The summed E-state index contributed by atoms with van der Waals surface area (Å²) in [6, 6.07) is 5.22. The van der Waals surface area contributed by atoms with Crippen LogP contribution in [0.1, 0.15) is 25.3 Å². The topological polar surface area (TPSA) is 50.4 Å². The van der Waals surface area contributed by atoms with Gasteiger partial charge in [0.1, 0.15) is 0 Å². The van der Waals surface area contributed by atoms with Crippen LogP contribution in [0.3, 0.4) is 0 Å². The van der Waals surface area contributed by atoms with Gasteiger partial charge in [-0.15, -0.1) is 0 Å². The summed E-state index contributed by atoms with van der Waals surface area (Å²) in [4.78, 5) is 11.9. The third kappa shape index (κ3) is 3.61. The second-order valence-corrected chi connectivity index (χ2v) is 5.26. The smallest absolute Gasteiger partial charge is 0.319 e.